The van der Waals surface area contributed by atoms with E-state index in [0.717, 1.165) is 16.6 Å². The van der Waals surface area contributed by atoms with Crippen LogP contribution in [0.15, 0.2) is 61.1 Å². The van der Waals surface area contributed by atoms with Gasteiger partial charge in [0.1, 0.15) is 5.75 Å². The number of nitrogens with one attached hydrogen (secondary N) is 1. The van der Waals surface area contributed by atoms with Crippen LogP contribution in [-0.2, 0) is 4.79 Å². The number of nitrogens with zero attached hydrogens (tertiary/aromatic N) is 2. The van der Waals surface area contributed by atoms with Gasteiger partial charge < -0.3 is 10.1 Å². The Bertz CT molecular complexity index is 754. The molecule has 3 aromatic rings. The molecule has 0 spiro atoms. The molecule has 0 unspecified atom stereocenters. The number of aromatic nitrogens is 2. The summed E-state index contributed by atoms with van der Waals surface area (Å²) >= 11 is 0. The molecule has 0 aliphatic heterocycles. The summed E-state index contributed by atoms with van der Waals surface area (Å²) in [6, 6.07) is 12.9. The molecule has 5 heteroatoms. The largest absolute Gasteiger partial charge is 0.482 e. The molecule has 0 radical (unpaired) electrons. The monoisotopic (exact) mass is 279 g/mol. The third-order valence-corrected chi connectivity index (χ3v) is 2.92. The first-order valence-corrected chi connectivity index (χ1v) is 6.49. The van der Waals surface area contributed by atoms with Crippen molar-refractivity contribution in [3.63, 3.8) is 0 Å². The molecule has 0 atom stereocenters. The molecule has 0 bridgehead atoms. The van der Waals surface area contributed by atoms with Gasteiger partial charge in [0, 0.05) is 17.8 Å². The van der Waals surface area contributed by atoms with Crippen molar-refractivity contribution in [2.75, 3.05) is 11.9 Å². The van der Waals surface area contributed by atoms with E-state index in [0.29, 0.717) is 5.75 Å². The quantitative estimate of drug-likeness (QED) is 0.797. The Labute approximate surface area is 121 Å². The number of rotatable bonds is 4. The molecule has 0 aliphatic rings. The number of pyridine rings is 2. The Morgan fingerprint density at radius 3 is 2.86 bits per heavy atom. The predicted octanol–water partition coefficient (Wildman–Crippen LogP) is 2.65. The van der Waals surface area contributed by atoms with Gasteiger partial charge >= 0.3 is 0 Å². The van der Waals surface area contributed by atoms with Gasteiger partial charge in [-0.2, -0.15) is 0 Å². The third kappa shape index (κ3) is 3.14. The zero-order chi connectivity index (χ0) is 14.5. The molecule has 3 rings (SSSR count). The predicted molar refractivity (Wildman–Crippen MR) is 80.1 cm³/mol. The Balaban J connectivity index is 1.69. The summed E-state index contributed by atoms with van der Waals surface area (Å²) in [6.45, 7) is -0.0671. The molecule has 2 aromatic heterocycles. The van der Waals surface area contributed by atoms with E-state index in [-0.39, 0.29) is 12.5 Å². The van der Waals surface area contributed by atoms with Gasteiger partial charge in [-0.3, -0.25) is 14.8 Å². The standard InChI is InChI=1S/C16H13N3O2/c20-16(11-21-12-4-2-8-17-10-12)19-15-7-1-6-14-13(15)5-3-9-18-14/h1-10H,11H2,(H,19,20). The number of fused-ring (bicyclic) bond motifs is 1. The van der Waals surface area contributed by atoms with Crippen LogP contribution in [0.2, 0.25) is 0 Å². The number of hydrogen-bond acceptors (Lipinski definition) is 4. The Hall–Kier alpha value is -2.95. The summed E-state index contributed by atoms with van der Waals surface area (Å²) in [7, 11) is 0. The minimum absolute atomic E-state index is 0.0671. The third-order valence-electron chi connectivity index (χ3n) is 2.92. The van der Waals surface area contributed by atoms with Crippen molar-refractivity contribution in [1.29, 1.82) is 0 Å². The summed E-state index contributed by atoms with van der Waals surface area (Å²) < 4.78 is 5.36. The van der Waals surface area contributed by atoms with E-state index in [1.54, 1.807) is 30.7 Å². The number of carbonyl (C=O) groups is 1. The lowest BCUT2D eigenvalue weighted by molar-refractivity contribution is -0.118. The van der Waals surface area contributed by atoms with Gasteiger partial charge in [-0.15, -0.1) is 0 Å². The molecule has 104 valence electrons. The normalized spacial score (nSPS) is 10.3. The lowest BCUT2D eigenvalue weighted by atomic mass is 10.2. The number of benzene rings is 1. The van der Waals surface area contributed by atoms with Gasteiger partial charge in [-0.05, 0) is 36.4 Å². The fourth-order valence-electron chi connectivity index (χ4n) is 1.98. The Morgan fingerprint density at radius 2 is 2.00 bits per heavy atom. The molecule has 5 nitrogen and oxygen atoms in total. The Morgan fingerprint density at radius 1 is 1.10 bits per heavy atom. The van der Waals surface area contributed by atoms with Crippen LogP contribution in [0, 0.1) is 0 Å². The van der Waals surface area contributed by atoms with Gasteiger partial charge in [-0.25, -0.2) is 0 Å². The summed E-state index contributed by atoms with van der Waals surface area (Å²) in [6.07, 6.45) is 4.94. The second-order valence-corrected chi connectivity index (χ2v) is 4.40. The van der Waals surface area contributed by atoms with Gasteiger partial charge in [-0.1, -0.05) is 6.07 Å². The average molecular weight is 279 g/mol. The van der Waals surface area contributed by atoms with Crippen molar-refractivity contribution < 1.29 is 9.53 Å². The van der Waals surface area contributed by atoms with Crippen LogP contribution in [0.5, 0.6) is 5.75 Å². The van der Waals surface area contributed by atoms with Crippen LogP contribution < -0.4 is 10.1 Å². The molecular weight excluding hydrogens is 266 g/mol. The zero-order valence-corrected chi connectivity index (χ0v) is 11.2. The van der Waals surface area contributed by atoms with Crippen molar-refractivity contribution >= 4 is 22.5 Å². The van der Waals surface area contributed by atoms with E-state index in [4.69, 9.17) is 4.74 Å². The minimum atomic E-state index is -0.227. The molecule has 0 aliphatic carbocycles. The van der Waals surface area contributed by atoms with E-state index >= 15 is 0 Å². The van der Waals surface area contributed by atoms with Crippen LogP contribution in [-0.4, -0.2) is 22.5 Å². The topological polar surface area (TPSA) is 64.1 Å². The maximum Gasteiger partial charge on any atom is 0.262 e. The average Bonchev–Trinajstić information content (AvgIpc) is 2.54. The van der Waals surface area contributed by atoms with E-state index in [1.165, 1.54) is 0 Å². The smallest absolute Gasteiger partial charge is 0.262 e. The highest BCUT2D eigenvalue weighted by Gasteiger charge is 2.06. The molecule has 1 amide bonds. The van der Waals surface area contributed by atoms with Gasteiger partial charge in [0.15, 0.2) is 6.61 Å². The fraction of sp³-hybridized carbons (Fsp3) is 0.0625. The van der Waals surface area contributed by atoms with Crippen molar-refractivity contribution in [3.8, 4) is 5.75 Å². The summed E-state index contributed by atoms with van der Waals surface area (Å²) in [5.74, 6) is 0.336. The fourth-order valence-corrected chi connectivity index (χ4v) is 1.98. The van der Waals surface area contributed by atoms with Gasteiger partial charge in [0.25, 0.3) is 5.91 Å². The van der Waals surface area contributed by atoms with Crippen LogP contribution in [0.4, 0.5) is 5.69 Å². The SMILES string of the molecule is O=C(COc1cccnc1)Nc1cccc2ncccc12. The first-order chi connectivity index (χ1) is 10.3. The lowest BCUT2D eigenvalue weighted by Crippen LogP contribution is -2.20. The Kier molecular flexibility index (Phi) is 3.73. The number of amides is 1. The lowest BCUT2D eigenvalue weighted by Gasteiger charge is -2.09. The van der Waals surface area contributed by atoms with E-state index < -0.39 is 0 Å². The molecule has 2 heterocycles. The van der Waals surface area contributed by atoms with Crippen molar-refractivity contribution in [2.24, 2.45) is 0 Å². The van der Waals surface area contributed by atoms with E-state index in [9.17, 15) is 4.79 Å². The van der Waals surface area contributed by atoms with E-state index in [2.05, 4.69) is 15.3 Å². The maximum absolute atomic E-state index is 12.0. The highest BCUT2D eigenvalue weighted by Crippen LogP contribution is 2.21. The van der Waals surface area contributed by atoms with E-state index in [1.807, 2.05) is 30.3 Å². The van der Waals surface area contributed by atoms with Crippen molar-refractivity contribution in [2.45, 2.75) is 0 Å². The van der Waals surface area contributed by atoms with Gasteiger partial charge in [0.2, 0.25) is 0 Å². The van der Waals surface area contributed by atoms with Gasteiger partial charge in [0.05, 0.1) is 17.4 Å². The van der Waals surface area contributed by atoms with Crippen molar-refractivity contribution in [3.05, 3.63) is 61.1 Å². The first-order valence-electron chi connectivity index (χ1n) is 6.49. The van der Waals surface area contributed by atoms with Crippen molar-refractivity contribution in [1.82, 2.24) is 9.97 Å². The van der Waals surface area contributed by atoms with Crippen LogP contribution in [0.1, 0.15) is 0 Å². The number of anilines is 1. The molecule has 0 saturated carbocycles. The minimum Gasteiger partial charge on any atom is -0.482 e. The summed E-state index contributed by atoms with van der Waals surface area (Å²) in [5.41, 5.74) is 1.56. The first kappa shape index (κ1) is 13.1. The van der Waals surface area contributed by atoms with Crippen LogP contribution in [0.3, 0.4) is 0 Å². The highest BCUT2D eigenvalue weighted by atomic mass is 16.5. The molecular formula is C16H13N3O2. The number of hydrogen-bond donors (Lipinski definition) is 1. The van der Waals surface area contributed by atoms with Crippen LogP contribution >= 0.6 is 0 Å². The highest BCUT2D eigenvalue weighted by molar-refractivity contribution is 6.01. The summed E-state index contributed by atoms with van der Waals surface area (Å²) in [5, 5.41) is 3.73. The number of carbonyl (C=O) groups excluding carboxylic acids is 1. The zero-order valence-electron chi connectivity index (χ0n) is 11.2. The second kappa shape index (κ2) is 6.00. The molecule has 0 saturated heterocycles. The molecule has 1 aromatic carbocycles. The van der Waals surface area contributed by atoms with Crippen LogP contribution in [0.25, 0.3) is 10.9 Å². The number of ether oxygens (including phenoxy) is 1. The molecule has 21 heavy (non-hydrogen) atoms. The second-order valence-electron chi connectivity index (χ2n) is 4.40. The molecule has 0 fully saturated rings. The summed E-state index contributed by atoms with van der Waals surface area (Å²) in [4.78, 5) is 20.1. The molecule has 1 N–H and O–H groups in total. The maximum atomic E-state index is 12.0.